The van der Waals surface area contributed by atoms with Crippen molar-refractivity contribution in [3.05, 3.63) is 72.9 Å². The summed E-state index contributed by atoms with van der Waals surface area (Å²) in [6, 6.07) is 0. The van der Waals surface area contributed by atoms with E-state index in [4.69, 9.17) is 14.2 Å². The standard InChI is InChI=1S/C39H62O6/c1-4-7-10-13-16-19-22-25-28-31-37(40)43-34-36(45-39(42)33-30-27-24-21-18-15-12-9-6-3)35-44-38(41)32-29-26-23-20-17-14-11-8-5-2/h7,9-10,12,16,18-21,23,25,28,36H,4-6,8,11,13-15,17,22,24,26-27,29-35H2,1-3H3/b10-7-,12-9-,19-16-,21-18-,23-20-,28-25-. The highest BCUT2D eigenvalue weighted by molar-refractivity contribution is 5.72. The van der Waals surface area contributed by atoms with Crippen LogP contribution in [0.3, 0.4) is 0 Å². The summed E-state index contributed by atoms with van der Waals surface area (Å²) in [6.45, 7) is 6.14. The van der Waals surface area contributed by atoms with Crippen LogP contribution in [-0.4, -0.2) is 37.2 Å². The maximum absolute atomic E-state index is 12.5. The molecular formula is C39H62O6. The molecular weight excluding hydrogens is 564 g/mol. The zero-order chi connectivity index (χ0) is 33.1. The van der Waals surface area contributed by atoms with E-state index in [2.05, 4.69) is 81.5 Å². The summed E-state index contributed by atoms with van der Waals surface area (Å²) in [4.78, 5) is 37.1. The van der Waals surface area contributed by atoms with Gasteiger partial charge in [-0.2, -0.15) is 0 Å². The quantitative estimate of drug-likeness (QED) is 0.0356. The lowest BCUT2D eigenvalue weighted by atomic mass is 10.1. The first-order valence-corrected chi connectivity index (χ1v) is 17.4. The Morgan fingerprint density at radius 1 is 0.489 bits per heavy atom. The molecule has 254 valence electrons. The average Bonchev–Trinajstić information content (AvgIpc) is 3.03. The van der Waals surface area contributed by atoms with E-state index in [1.807, 2.05) is 6.08 Å². The number of esters is 3. The molecule has 0 bridgehead atoms. The van der Waals surface area contributed by atoms with E-state index in [1.165, 1.54) is 25.7 Å². The summed E-state index contributed by atoms with van der Waals surface area (Å²) >= 11 is 0. The van der Waals surface area contributed by atoms with Crippen LogP contribution in [0.2, 0.25) is 0 Å². The maximum Gasteiger partial charge on any atom is 0.309 e. The third-order valence-corrected chi connectivity index (χ3v) is 6.71. The summed E-state index contributed by atoms with van der Waals surface area (Å²) in [7, 11) is 0. The molecule has 6 heteroatoms. The van der Waals surface area contributed by atoms with Crippen molar-refractivity contribution in [2.45, 2.75) is 142 Å². The largest absolute Gasteiger partial charge is 0.462 e. The number of unbranched alkanes of at least 4 members (excludes halogenated alkanes) is 7. The van der Waals surface area contributed by atoms with Crippen LogP contribution in [0.25, 0.3) is 0 Å². The van der Waals surface area contributed by atoms with Gasteiger partial charge in [-0.15, -0.1) is 0 Å². The SMILES string of the molecule is CC/C=C\C/C=C\C/C=C\CC(=O)OCC(COC(=O)CCC/C=C\CCCCCC)OC(=O)CCCC/C=C\C/C=C\CC. The second kappa shape index (κ2) is 33.7. The molecule has 0 spiro atoms. The van der Waals surface area contributed by atoms with E-state index >= 15 is 0 Å². The van der Waals surface area contributed by atoms with Crippen LogP contribution >= 0.6 is 0 Å². The molecule has 0 saturated heterocycles. The van der Waals surface area contributed by atoms with Crippen molar-refractivity contribution < 1.29 is 28.6 Å². The van der Waals surface area contributed by atoms with Gasteiger partial charge in [-0.3, -0.25) is 14.4 Å². The average molecular weight is 627 g/mol. The molecule has 0 N–H and O–H groups in total. The van der Waals surface area contributed by atoms with Gasteiger partial charge < -0.3 is 14.2 Å². The molecule has 6 nitrogen and oxygen atoms in total. The monoisotopic (exact) mass is 626 g/mol. The molecule has 1 atom stereocenters. The van der Waals surface area contributed by atoms with Crippen LogP contribution in [0.4, 0.5) is 0 Å². The van der Waals surface area contributed by atoms with Crippen LogP contribution < -0.4 is 0 Å². The Kier molecular flexibility index (Phi) is 31.4. The van der Waals surface area contributed by atoms with Crippen molar-refractivity contribution in [1.82, 2.24) is 0 Å². The van der Waals surface area contributed by atoms with Gasteiger partial charge in [0.25, 0.3) is 0 Å². The van der Waals surface area contributed by atoms with Gasteiger partial charge in [0.15, 0.2) is 6.10 Å². The Labute approximate surface area is 274 Å². The Bertz CT molecular complexity index is 908. The van der Waals surface area contributed by atoms with Crippen molar-refractivity contribution in [2.24, 2.45) is 0 Å². The van der Waals surface area contributed by atoms with Gasteiger partial charge in [-0.05, 0) is 77.0 Å². The van der Waals surface area contributed by atoms with Gasteiger partial charge in [-0.1, -0.05) is 113 Å². The lowest BCUT2D eigenvalue weighted by Crippen LogP contribution is -2.30. The topological polar surface area (TPSA) is 78.9 Å². The van der Waals surface area contributed by atoms with Crippen LogP contribution in [0.1, 0.15) is 136 Å². The van der Waals surface area contributed by atoms with Crippen LogP contribution in [0, 0.1) is 0 Å². The highest BCUT2D eigenvalue weighted by Crippen LogP contribution is 2.08. The predicted molar refractivity (Wildman–Crippen MR) is 187 cm³/mol. The Hall–Kier alpha value is -3.15. The first kappa shape index (κ1) is 41.9. The number of hydrogen-bond acceptors (Lipinski definition) is 6. The molecule has 0 heterocycles. The van der Waals surface area contributed by atoms with Crippen LogP contribution in [0.5, 0.6) is 0 Å². The first-order valence-electron chi connectivity index (χ1n) is 17.4. The number of carbonyl (C=O) groups excluding carboxylic acids is 3. The van der Waals surface area contributed by atoms with Crippen LogP contribution in [-0.2, 0) is 28.6 Å². The number of hydrogen-bond donors (Lipinski definition) is 0. The fraction of sp³-hybridized carbons (Fsp3) is 0.615. The normalized spacial score (nSPS) is 12.9. The fourth-order valence-electron chi connectivity index (χ4n) is 4.13. The second-order valence-corrected chi connectivity index (χ2v) is 11.0. The molecule has 0 aromatic heterocycles. The smallest absolute Gasteiger partial charge is 0.309 e. The van der Waals surface area contributed by atoms with E-state index in [-0.39, 0.29) is 44.4 Å². The van der Waals surface area contributed by atoms with Gasteiger partial charge in [0, 0.05) is 12.8 Å². The molecule has 0 aromatic rings. The Morgan fingerprint density at radius 3 is 1.60 bits per heavy atom. The van der Waals surface area contributed by atoms with Crippen molar-refractivity contribution in [1.29, 1.82) is 0 Å². The molecule has 45 heavy (non-hydrogen) atoms. The van der Waals surface area contributed by atoms with Crippen molar-refractivity contribution in [3.8, 4) is 0 Å². The molecule has 0 fully saturated rings. The lowest BCUT2D eigenvalue weighted by molar-refractivity contribution is -0.166. The summed E-state index contributed by atoms with van der Waals surface area (Å²) in [5, 5.41) is 0. The molecule has 0 aromatic carbocycles. The predicted octanol–water partition coefficient (Wildman–Crippen LogP) is 10.4. The van der Waals surface area contributed by atoms with E-state index in [0.29, 0.717) is 12.8 Å². The first-order chi connectivity index (χ1) is 22.0. The summed E-state index contributed by atoms with van der Waals surface area (Å²) in [5.41, 5.74) is 0. The van der Waals surface area contributed by atoms with Gasteiger partial charge in [0.2, 0.25) is 0 Å². The van der Waals surface area contributed by atoms with Crippen molar-refractivity contribution in [3.63, 3.8) is 0 Å². The summed E-state index contributed by atoms with van der Waals surface area (Å²) in [6.07, 6.45) is 39.5. The van der Waals surface area contributed by atoms with Crippen molar-refractivity contribution >= 4 is 17.9 Å². The van der Waals surface area contributed by atoms with Gasteiger partial charge >= 0.3 is 17.9 Å². The van der Waals surface area contributed by atoms with Gasteiger partial charge in [0.1, 0.15) is 13.2 Å². The molecule has 1 unspecified atom stereocenters. The van der Waals surface area contributed by atoms with Gasteiger partial charge in [-0.25, -0.2) is 0 Å². The number of allylic oxidation sites excluding steroid dienone is 11. The Balaban J connectivity index is 4.59. The third kappa shape index (κ3) is 32.1. The zero-order valence-electron chi connectivity index (χ0n) is 28.6. The molecule has 0 aliphatic rings. The number of carbonyl (C=O) groups is 3. The maximum atomic E-state index is 12.5. The van der Waals surface area contributed by atoms with E-state index in [0.717, 1.165) is 57.8 Å². The van der Waals surface area contributed by atoms with Crippen molar-refractivity contribution in [2.75, 3.05) is 13.2 Å². The number of rotatable bonds is 29. The zero-order valence-corrected chi connectivity index (χ0v) is 28.6. The minimum atomic E-state index is -0.832. The molecule has 0 radical (unpaired) electrons. The minimum absolute atomic E-state index is 0.123. The molecule has 0 saturated carbocycles. The third-order valence-electron chi connectivity index (χ3n) is 6.71. The fourth-order valence-corrected chi connectivity index (χ4v) is 4.13. The van der Waals surface area contributed by atoms with Crippen LogP contribution in [0.15, 0.2) is 72.9 Å². The molecule has 0 amide bonds. The van der Waals surface area contributed by atoms with E-state index in [9.17, 15) is 14.4 Å². The minimum Gasteiger partial charge on any atom is -0.462 e. The summed E-state index contributed by atoms with van der Waals surface area (Å²) in [5.74, 6) is -1.15. The second-order valence-electron chi connectivity index (χ2n) is 11.0. The molecule has 0 aliphatic heterocycles. The molecule has 0 rings (SSSR count). The summed E-state index contributed by atoms with van der Waals surface area (Å²) < 4.78 is 16.3. The highest BCUT2D eigenvalue weighted by Gasteiger charge is 2.19. The highest BCUT2D eigenvalue weighted by atomic mass is 16.6. The van der Waals surface area contributed by atoms with Gasteiger partial charge in [0.05, 0.1) is 6.42 Å². The Morgan fingerprint density at radius 2 is 0.978 bits per heavy atom. The van der Waals surface area contributed by atoms with E-state index in [1.54, 1.807) is 6.08 Å². The number of ether oxygens (including phenoxy) is 3. The molecule has 0 aliphatic carbocycles. The van der Waals surface area contributed by atoms with E-state index < -0.39 is 12.1 Å². The lowest BCUT2D eigenvalue weighted by Gasteiger charge is -2.18.